The van der Waals surface area contributed by atoms with Gasteiger partial charge in [-0.05, 0) is 40.3 Å². The van der Waals surface area contributed by atoms with Crippen LogP contribution in [0.15, 0.2) is 0 Å². The summed E-state index contributed by atoms with van der Waals surface area (Å²) in [6, 6.07) is 0.684. The number of nitrogens with zero attached hydrogens (tertiary/aromatic N) is 1. The lowest BCUT2D eigenvalue weighted by Gasteiger charge is -2.22. The van der Waals surface area contributed by atoms with Crippen LogP contribution < -0.4 is 5.32 Å². The van der Waals surface area contributed by atoms with Crippen molar-refractivity contribution < 1.29 is 9.47 Å². The Kier molecular flexibility index (Phi) is 6.96. The molecule has 0 spiro atoms. The number of ether oxygens (including phenoxy) is 2. The van der Waals surface area contributed by atoms with Gasteiger partial charge in [-0.3, -0.25) is 0 Å². The SMILES string of the molecule is CCOC(CNCC1CCCN1C)OCC. The summed E-state index contributed by atoms with van der Waals surface area (Å²) in [6.45, 7) is 8.45. The molecule has 0 aliphatic carbocycles. The highest BCUT2D eigenvalue weighted by atomic mass is 16.7. The molecule has 0 aromatic rings. The van der Waals surface area contributed by atoms with Crippen LogP contribution in [0.4, 0.5) is 0 Å². The van der Waals surface area contributed by atoms with Crippen LogP contribution in [0.2, 0.25) is 0 Å². The monoisotopic (exact) mass is 230 g/mol. The van der Waals surface area contributed by atoms with Crippen LogP contribution in [0.25, 0.3) is 0 Å². The van der Waals surface area contributed by atoms with Crippen molar-refractivity contribution >= 4 is 0 Å². The topological polar surface area (TPSA) is 33.7 Å². The fourth-order valence-corrected chi connectivity index (χ4v) is 2.14. The number of rotatable bonds is 8. The Bertz CT molecular complexity index is 172. The molecule has 1 unspecified atom stereocenters. The summed E-state index contributed by atoms with van der Waals surface area (Å²) in [4.78, 5) is 2.42. The summed E-state index contributed by atoms with van der Waals surface area (Å²) >= 11 is 0. The van der Waals surface area contributed by atoms with E-state index in [0.29, 0.717) is 19.3 Å². The molecule has 0 amide bonds. The van der Waals surface area contributed by atoms with Gasteiger partial charge in [0.25, 0.3) is 0 Å². The van der Waals surface area contributed by atoms with Crippen molar-refractivity contribution in [3.8, 4) is 0 Å². The largest absolute Gasteiger partial charge is 0.352 e. The van der Waals surface area contributed by atoms with E-state index in [1.807, 2.05) is 13.8 Å². The maximum atomic E-state index is 5.48. The summed E-state index contributed by atoms with van der Waals surface area (Å²) < 4.78 is 11.0. The van der Waals surface area contributed by atoms with Crippen LogP contribution >= 0.6 is 0 Å². The molecule has 1 aliphatic rings. The smallest absolute Gasteiger partial charge is 0.169 e. The van der Waals surface area contributed by atoms with Crippen molar-refractivity contribution in [3.05, 3.63) is 0 Å². The number of hydrogen-bond donors (Lipinski definition) is 1. The molecule has 0 aromatic carbocycles. The maximum absolute atomic E-state index is 5.48. The Morgan fingerprint density at radius 1 is 1.31 bits per heavy atom. The molecule has 4 heteroatoms. The number of likely N-dealkylation sites (tertiary alicyclic amines) is 1. The second-order valence-electron chi connectivity index (χ2n) is 4.28. The zero-order chi connectivity index (χ0) is 11.8. The normalized spacial score (nSPS) is 22.1. The summed E-state index contributed by atoms with van der Waals surface area (Å²) in [5.41, 5.74) is 0. The molecule has 0 saturated carbocycles. The van der Waals surface area contributed by atoms with Gasteiger partial charge >= 0.3 is 0 Å². The average Bonchev–Trinajstić information content (AvgIpc) is 2.65. The Hall–Kier alpha value is -0.160. The van der Waals surface area contributed by atoms with Gasteiger partial charge in [0.05, 0.1) is 0 Å². The van der Waals surface area contributed by atoms with Crippen molar-refractivity contribution in [2.75, 3.05) is 39.9 Å². The van der Waals surface area contributed by atoms with Crippen molar-refractivity contribution in [1.82, 2.24) is 10.2 Å². The van der Waals surface area contributed by atoms with Gasteiger partial charge in [0.1, 0.15) is 0 Å². The minimum Gasteiger partial charge on any atom is -0.352 e. The molecule has 1 fully saturated rings. The van der Waals surface area contributed by atoms with E-state index in [1.54, 1.807) is 0 Å². The molecular formula is C12H26N2O2. The first-order chi connectivity index (χ1) is 7.77. The molecule has 1 saturated heterocycles. The maximum Gasteiger partial charge on any atom is 0.169 e. The summed E-state index contributed by atoms with van der Waals surface area (Å²) in [7, 11) is 2.20. The third-order valence-corrected chi connectivity index (χ3v) is 3.07. The van der Waals surface area contributed by atoms with E-state index < -0.39 is 0 Å². The van der Waals surface area contributed by atoms with Crippen LogP contribution in [-0.2, 0) is 9.47 Å². The van der Waals surface area contributed by atoms with Gasteiger partial charge in [-0.1, -0.05) is 0 Å². The van der Waals surface area contributed by atoms with E-state index in [9.17, 15) is 0 Å². The zero-order valence-electron chi connectivity index (χ0n) is 10.9. The highest BCUT2D eigenvalue weighted by Gasteiger charge is 2.20. The summed E-state index contributed by atoms with van der Waals surface area (Å²) in [6.07, 6.45) is 2.53. The lowest BCUT2D eigenvalue weighted by atomic mass is 10.2. The first kappa shape index (κ1) is 13.9. The van der Waals surface area contributed by atoms with Crippen LogP contribution in [0.1, 0.15) is 26.7 Å². The Morgan fingerprint density at radius 3 is 2.50 bits per heavy atom. The van der Waals surface area contributed by atoms with Gasteiger partial charge in [0.2, 0.25) is 0 Å². The zero-order valence-corrected chi connectivity index (χ0v) is 10.9. The van der Waals surface area contributed by atoms with Gasteiger partial charge in [-0.2, -0.15) is 0 Å². The Morgan fingerprint density at radius 2 is 2.00 bits per heavy atom. The van der Waals surface area contributed by atoms with E-state index in [-0.39, 0.29) is 6.29 Å². The van der Waals surface area contributed by atoms with Gasteiger partial charge < -0.3 is 19.7 Å². The van der Waals surface area contributed by atoms with E-state index >= 15 is 0 Å². The number of likely N-dealkylation sites (N-methyl/N-ethyl adjacent to an activating group) is 1. The van der Waals surface area contributed by atoms with Crippen molar-refractivity contribution in [2.24, 2.45) is 0 Å². The van der Waals surface area contributed by atoms with E-state index in [4.69, 9.17) is 9.47 Å². The molecule has 1 N–H and O–H groups in total. The molecular weight excluding hydrogens is 204 g/mol. The quantitative estimate of drug-likeness (QED) is 0.632. The van der Waals surface area contributed by atoms with E-state index in [1.165, 1.54) is 19.4 Å². The van der Waals surface area contributed by atoms with Gasteiger partial charge in [0, 0.05) is 32.3 Å². The second-order valence-corrected chi connectivity index (χ2v) is 4.28. The molecule has 96 valence electrons. The molecule has 1 rings (SSSR count). The standard InChI is InChI=1S/C12H26N2O2/c1-4-15-12(16-5-2)10-13-9-11-7-6-8-14(11)3/h11-13H,4-10H2,1-3H3. The highest BCUT2D eigenvalue weighted by molar-refractivity contribution is 4.78. The molecule has 1 heterocycles. The van der Waals surface area contributed by atoms with Crippen molar-refractivity contribution in [1.29, 1.82) is 0 Å². The predicted octanol–water partition coefficient (Wildman–Crippen LogP) is 1.07. The Labute approximate surface area is 99.3 Å². The third-order valence-electron chi connectivity index (χ3n) is 3.07. The minimum absolute atomic E-state index is 0.0956. The molecule has 16 heavy (non-hydrogen) atoms. The van der Waals surface area contributed by atoms with Crippen LogP contribution in [0.5, 0.6) is 0 Å². The lowest BCUT2D eigenvalue weighted by Crippen LogP contribution is -2.39. The molecule has 1 atom stereocenters. The molecule has 4 nitrogen and oxygen atoms in total. The van der Waals surface area contributed by atoms with Gasteiger partial charge in [-0.25, -0.2) is 0 Å². The molecule has 1 aliphatic heterocycles. The minimum atomic E-state index is -0.0956. The number of nitrogens with one attached hydrogen (secondary N) is 1. The second kappa shape index (κ2) is 8.01. The van der Waals surface area contributed by atoms with Crippen molar-refractivity contribution in [3.63, 3.8) is 0 Å². The van der Waals surface area contributed by atoms with Crippen molar-refractivity contribution in [2.45, 2.75) is 39.0 Å². The fourth-order valence-electron chi connectivity index (χ4n) is 2.14. The number of hydrogen-bond acceptors (Lipinski definition) is 4. The van der Waals surface area contributed by atoms with Crippen LogP contribution in [-0.4, -0.2) is 57.1 Å². The first-order valence-corrected chi connectivity index (χ1v) is 6.42. The van der Waals surface area contributed by atoms with Crippen LogP contribution in [0.3, 0.4) is 0 Å². The molecule has 0 radical (unpaired) electrons. The fraction of sp³-hybridized carbons (Fsp3) is 1.00. The van der Waals surface area contributed by atoms with Crippen LogP contribution in [0, 0.1) is 0 Å². The Balaban J connectivity index is 2.11. The molecule has 0 bridgehead atoms. The first-order valence-electron chi connectivity index (χ1n) is 6.42. The third kappa shape index (κ3) is 4.78. The summed E-state index contributed by atoms with van der Waals surface area (Å²) in [5, 5.41) is 3.44. The highest BCUT2D eigenvalue weighted by Crippen LogP contribution is 2.13. The summed E-state index contributed by atoms with van der Waals surface area (Å²) in [5.74, 6) is 0. The van der Waals surface area contributed by atoms with Gasteiger partial charge in [0.15, 0.2) is 6.29 Å². The molecule has 0 aromatic heterocycles. The van der Waals surface area contributed by atoms with Gasteiger partial charge in [-0.15, -0.1) is 0 Å². The predicted molar refractivity (Wildman–Crippen MR) is 65.6 cm³/mol. The average molecular weight is 230 g/mol. The van der Waals surface area contributed by atoms with E-state index in [2.05, 4.69) is 17.3 Å². The lowest BCUT2D eigenvalue weighted by molar-refractivity contribution is -0.133. The van der Waals surface area contributed by atoms with E-state index in [0.717, 1.165) is 13.1 Å².